The average molecular weight is 178 g/mol. The maximum Gasteiger partial charge on any atom is 0.00574 e. The minimum atomic E-state index is 0.494. The van der Waals surface area contributed by atoms with Gasteiger partial charge in [-0.25, -0.2) is 0 Å². The molecule has 0 amide bonds. The number of thiol groups is 1. The van der Waals surface area contributed by atoms with Crippen LogP contribution in [0.25, 0.3) is 0 Å². The van der Waals surface area contributed by atoms with Crippen LogP contribution >= 0.6 is 12.6 Å². The maximum absolute atomic E-state index is 4.52. The zero-order chi connectivity index (χ0) is 8.55. The van der Waals surface area contributed by atoms with E-state index in [9.17, 15) is 0 Å². The molecule has 1 aromatic carbocycles. The van der Waals surface area contributed by atoms with Crippen molar-refractivity contribution in [2.75, 3.05) is 0 Å². The van der Waals surface area contributed by atoms with Crippen LogP contribution < -0.4 is 0 Å². The van der Waals surface area contributed by atoms with Crippen molar-refractivity contribution in [3.05, 3.63) is 35.4 Å². The van der Waals surface area contributed by atoms with Crippen LogP contribution in [0.5, 0.6) is 0 Å². The summed E-state index contributed by atoms with van der Waals surface area (Å²) in [6, 6.07) is 8.75. The Kier molecular flexibility index (Phi) is 2.14. The first-order valence-electron chi connectivity index (χ1n) is 4.55. The van der Waals surface area contributed by atoms with Crippen LogP contribution in [0.3, 0.4) is 0 Å². The van der Waals surface area contributed by atoms with E-state index in [4.69, 9.17) is 0 Å². The first kappa shape index (κ1) is 8.18. The fourth-order valence-corrected chi connectivity index (χ4v) is 2.40. The number of aryl methyl sites for hydroxylation is 1. The molecule has 64 valence electrons. The SMILES string of the molecule is CC(S)C1CCc2ccccc21. The Morgan fingerprint density at radius 1 is 1.42 bits per heavy atom. The van der Waals surface area contributed by atoms with Gasteiger partial charge >= 0.3 is 0 Å². The highest BCUT2D eigenvalue weighted by molar-refractivity contribution is 7.81. The molecule has 0 saturated carbocycles. The van der Waals surface area contributed by atoms with Gasteiger partial charge < -0.3 is 0 Å². The summed E-state index contributed by atoms with van der Waals surface area (Å²) in [7, 11) is 0. The van der Waals surface area contributed by atoms with E-state index in [0.717, 1.165) is 0 Å². The topological polar surface area (TPSA) is 0 Å². The lowest BCUT2D eigenvalue weighted by atomic mass is 9.98. The minimum Gasteiger partial charge on any atom is -0.176 e. The zero-order valence-corrected chi connectivity index (χ0v) is 8.22. The predicted octanol–water partition coefficient (Wildman–Crippen LogP) is 3.03. The lowest BCUT2D eigenvalue weighted by Crippen LogP contribution is -2.04. The van der Waals surface area contributed by atoms with Gasteiger partial charge in [0, 0.05) is 5.25 Å². The largest absolute Gasteiger partial charge is 0.176 e. The molecule has 1 aliphatic rings. The summed E-state index contributed by atoms with van der Waals surface area (Å²) >= 11 is 4.52. The van der Waals surface area contributed by atoms with Crippen LogP contribution in [0.4, 0.5) is 0 Å². The molecule has 12 heavy (non-hydrogen) atoms. The van der Waals surface area contributed by atoms with Crippen LogP contribution in [0, 0.1) is 0 Å². The zero-order valence-electron chi connectivity index (χ0n) is 7.33. The molecular formula is C11H14S. The summed E-state index contributed by atoms with van der Waals surface area (Å²) in [4.78, 5) is 0. The average Bonchev–Trinajstić information content (AvgIpc) is 2.47. The van der Waals surface area contributed by atoms with E-state index in [2.05, 4.69) is 43.8 Å². The molecule has 0 aromatic heterocycles. The smallest absolute Gasteiger partial charge is 0.00574 e. The lowest BCUT2D eigenvalue weighted by Gasteiger charge is -2.14. The fraction of sp³-hybridized carbons (Fsp3) is 0.455. The summed E-state index contributed by atoms with van der Waals surface area (Å²) in [6.45, 7) is 2.19. The number of fused-ring (bicyclic) bond motifs is 1. The van der Waals surface area contributed by atoms with Crippen molar-refractivity contribution >= 4 is 12.6 Å². The van der Waals surface area contributed by atoms with Crippen molar-refractivity contribution in [3.63, 3.8) is 0 Å². The molecule has 0 saturated heterocycles. The third kappa shape index (κ3) is 1.27. The highest BCUT2D eigenvalue weighted by Crippen LogP contribution is 2.36. The Balaban J connectivity index is 2.36. The van der Waals surface area contributed by atoms with Gasteiger partial charge in [0.1, 0.15) is 0 Å². The van der Waals surface area contributed by atoms with Crippen molar-refractivity contribution in [1.29, 1.82) is 0 Å². The normalized spacial score (nSPS) is 23.7. The second-order valence-electron chi connectivity index (χ2n) is 3.58. The molecule has 0 radical (unpaired) electrons. The molecule has 1 aromatic rings. The van der Waals surface area contributed by atoms with E-state index >= 15 is 0 Å². The summed E-state index contributed by atoms with van der Waals surface area (Å²) in [5, 5.41) is 0.494. The molecule has 0 nitrogen and oxygen atoms in total. The Bertz CT molecular complexity index is 278. The van der Waals surface area contributed by atoms with Gasteiger partial charge in [-0.05, 0) is 29.9 Å². The van der Waals surface area contributed by atoms with Crippen LogP contribution in [-0.4, -0.2) is 5.25 Å². The highest BCUT2D eigenvalue weighted by Gasteiger charge is 2.24. The van der Waals surface area contributed by atoms with Crippen molar-refractivity contribution in [1.82, 2.24) is 0 Å². The van der Waals surface area contributed by atoms with Crippen molar-refractivity contribution in [2.24, 2.45) is 0 Å². The molecule has 2 rings (SSSR count). The van der Waals surface area contributed by atoms with E-state index in [-0.39, 0.29) is 0 Å². The summed E-state index contributed by atoms with van der Waals surface area (Å²) in [5.74, 6) is 0.685. The van der Waals surface area contributed by atoms with E-state index in [1.54, 1.807) is 0 Å². The van der Waals surface area contributed by atoms with Crippen molar-refractivity contribution in [3.8, 4) is 0 Å². The molecule has 2 unspecified atom stereocenters. The van der Waals surface area contributed by atoms with Crippen molar-refractivity contribution in [2.45, 2.75) is 30.9 Å². The Labute approximate surface area is 79.4 Å². The molecule has 0 spiro atoms. The van der Waals surface area contributed by atoms with Gasteiger partial charge in [-0.3, -0.25) is 0 Å². The van der Waals surface area contributed by atoms with Crippen LogP contribution in [0.15, 0.2) is 24.3 Å². The van der Waals surface area contributed by atoms with Gasteiger partial charge in [-0.15, -0.1) is 0 Å². The van der Waals surface area contributed by atoms with Gasteiger partial charge in [0.2, 0.25) is 0 Å². The number of hydrogen-bond donors (Lipinski definition) is 1. The highest BCUT2D eigenvalue weighted by atomic mass is 32.1. The predicted molar refractivity (Wildman–Crippen MR) is 56.0 cm³/mol. The molecule has 0 fully saturated rings. The Hall–Kier alpha value is -0.430. The second-order valence-corrected chi connectivity index (χ2v) is 4.40. The van der Waals surface area contributed by atoms with Gasteiger partial charge in [-0.1, -0.05) is 31.2 Å². The second kappa shape index (κ2) is 3.14. The molecule has 0 heterocycles. The van der Waals surface area contributed by atoms with Crippen LogP contribution in [-0.2, 0) is 6.42 Å². The third-order valence-corrected chi connectivity index (χ3v) is 3.12. The minimum absolute atomic E-state index is 0.494. The van der Waals surface area contributed by atoms with Crippen molar-refractivity contribution < 1.29 is 0 Å². The van der Waals surface area contributed by atoms with Gasteiger partial charge in [0.05, 0.1) is 0 Å². The standard InChI is InChI=1S/C11H14S/c1-8(12)10-7-6-9-4-2-3-5-11(9)10/h2-5,8,10,12H,6-7H2,1H3. The molecule has 0 N–H and O–H groups in total. The Morgan fingerprint density at radius 2 is 2.17 bits per heavy atom. The van der Waals surface area contributed by atoms with E-state index < -0.39 is 0 Å². The van der Waals surface area contributed by atoms with E-state index in [1.165, 1.54) is 24.0 Å². The summed E-state index contributed by atoms with van der Waals surface area (Å²) in [6.07, 6.45) is 2.52. The molecule has 1 aliphatic carbocycles. The lowest BCUT2D eigenvalue weighted by molar-refractivity contribution is 0.673. The van der Waals surface area contributed by atoms with E-state index in [0.29, 0.717) is 11.2 Å². The first-order valence-corrected chi connectivity index (χ1v) is 5.06. The number of benzene rings is 1. The summed E-state index contributed by atoms with van der Waals surface area (Å²) in [5.41, 5.74) is 3.06. The van der Waals surface area contributed by atoms with Crippen LogP contribution in [0.1, 0.15) is 30.4 Å². The van der Waals surface area contributed by atoms with Gasteiger partial charge in [0.15, 0.2) is 0 Å². The van der Waals surface area contributed by atoms with Gasteiger partial charge in [0.25, 0.3) is 0 Å². The van der Waals surface area contributed by atoms with Gasteiger partial charge in [-0.2, -0.15) is 12.6 Å². The fourth-order valence-electron chi connectivity index (χ4n) is 2.09. The first-order chi connectivity index (χ1) is 5.79. The Morgan fingerprint density at radius 3 is 2.92 bits per heavy atom. The monoisotopic (exact) mass is 178 g/mol. The van der Waals surface area contributed by atoms with E-state index in [1.807, 2.05) is 0 Å². The molecule has 0 aliphatic heterocycles. The molecule has 2 atom stereocenters. The summed E-state index contributed by atoms with van der Waals surface area (Å²) < 4.78 is 0. The molecule has 0 bridgehead atoms. The van der Waals surface area contributed by atoms with Crippen LogP contribution in [0.2, 0.25) is 0 Å². The maximum atomic E-state index is 4.52. The molecular weight excluding hydrogens is 164 g/mol. The number of hydrogen-bond acceptors (Lipinski definition) is 1. The quantitative estimate of drug-likeness (QED) is 0.628. The third-order valence-electron chi connectivity index (χ3n) is 2.76. The molecule has 1 heteroatoms. The number of rotatable bonds is 1.